The highest BCUT2D eigenvalue weighted by Gasteiger charge is 2.33. The number of carbonyl (C=O) groups is 2. The summed E-state index contributed by atoms with van der Waals surface area (Å²) in [6.45, 7) is 2.18. The molecule has 2 aromatic rings. The maximum atomic E-state index is 12.5. The van der Waals surface area contributed by atoms with Crippen LogP contribution in [0.2, 0.25) is 0 Å². The first-order valence-corrected chi connectivity index (χ1v) is 12.2. The molecule has 0 saturated carbocycles. The van der Waals surface area contributed by atoms with Crippen LogP contribution < -0.4 is 15.4 Å². The number of likely N-dealkylation sites (tertiary alicyclic amines) is 1. The number of para-hydroxylation sites is 1. The number of carboxylic acid groups (broad SMARTS) is 1. The lowest BCUT2D eigenvalue weighted by molar-refractivity contribution is -0.144. The largest absolute Gasteiger partial charge is 0.496 e. The van der Waals surface area contributed by atoms with Gasteiger partial charge < -0.3 is 20.5 Å². The number of carboxylic acids is 1. The van der Waals surface area contributed by atoms with Crippen LogP contribution in [-0.2, 0) is 22.4 Å². The summed E-state index contributed by atoms with van der Waals surface area (Å²) >= 11 is 0. The van der Waals surface area contributed by atoms with Gasteiger partial charge in [0.05, 0.1) is 7.11 Å². The Morgan fingerprint density at radius 1 is 1.26 bits per heavy atom. The van der Waals surface area contributed by atoms with Gasteiger partial charge in [-0.25, -0.2) is 4.98 Å². The zero-order chi connectivity index (χ0) is 23.9. The number of carbonyl (C=O) groups excluding carboxylic acids is 1. The number of aromatic nitrogens is 1. The van der Waals surface area contributed by atoms with Crippen molar-refractivity contribution >= 4 is 17.7 Å². The van der Waals surface area contributed by atoms with Crippen LogP contribution in [0.5, 0.6) is 5.75 Å². The molecule has 34 heavy (non-hydrogen) atoms. The molecule has 8 nitrogen and oxygen atoms in total. The predicted molar refractivity (Wildman–Crippen MR) is 134 cm³/mol. The molecule has 0 spiro atoms. The maximum Gasteiger partial charge on any atom is 0.325 e. The molecule has 186 valence electrons. The fraction of sp³-hybridized carbons (Fsp3) is 0.500. The van der Waals surface area contributed by atoms with Crippen LogP contribution >= 0.6 is 0 Å². The molecule has 1 atom stereocenters. The monoisotopic (exact) mass is 470 g/mol. The van der Waals surface area contributed by atoms with Crippen molar-refractivity contribution in [2.24, 2.45) is 0 Å². The Morgan fingerprint density at radius 2 is 2.06 bits per heavy atom. The molecular weight excluding hydrogens is 432 g/mol. The van der Waals surface area contributed by atoms with E-state index in [1.807, 2.05) is 17.0 Å². The molecule has 1 unspecified atom stereocenters. The minimum Gasteiger partial charge on any atom is -0.496 e. The first kappa shape index (κ1) is 24.0. The van der Waals surface area contributed by atoms with E-state index in [1.165, 1.54) is 5.56 Å². The van der Waals surface area contributed by atoms with Crippen LogP contribution in [0, 0.1) is 0 Å². The molecule has 2 aliphatic heterocycles. The summed E-state index contributed by atoms with van der Waals surface area (Å²) in [4.78, 5) is 31.2. The number of rotatable bonds is 9. The van der Waals surface area contributed by atoms with Crippen LogP contribution in [0.25, 0.3) is 0 Å². The lowest BCUT2D eigenvalue weighted by Gasteiger charge is -2.36. The Hall–Kier alpha value is -3.13. The van der Waals surface area contributed by atoms with E-state index in [9.17, 15) is 14.7 Å². The van der Waals surface area contributed by atoms with Crippen molar-refractivity contribution in [3.8, 4) is 5.75 Å². The quantitative estimate of drug-likeness (QED) is 0.514. The zero-order valence-corrected chi connectivity index (χ0v) is 19.8. The molecule has 1 aromatic carbocycles. The third-order valence-electron chi connectivity index (χ3n) is 6.72. The number of fused-ring (bicyclic) bond motifs is 1. The number of piperidine rings is 1. The second-order valence-electron chi connectivity index (χ2n) is 9.05. The maximum absolute atomic E-state index is 12.5. The van der Waals surface area contributed by atoms with Gasteiger partial charge >= 0.3 is 5.97 Å². The summed E-state index contributed by atoms with van der Waals surface area (Å²) < 4.78 is 5.38. The number of hydrogen-bond donors (Lipinski definition) is 3. The topological polar surface area (TPSA) is 104 Å². The Kier molecular flexibility index (Phi) is 8.00. The number of nitrogens with zero attached hydrogens (tertiary/aromatic N) is 2. The minimum absolute atomic E-state index is 0. The molecule has 8 heteroatoms. The van der Waals surface area contributed by atoms with Crippen molar-refractivity contribution in [2.45, 2.75) is 57.0 Å². The van der Waals surface area contributed by atoms with E-state index >= 15 is 0 Å². The fourth-order valence-electron chi connectivity index (χ4n) is 4.92. The third-order valence-corrected chi connectivity index (χ3v) is 6.72. The van der Waals surface area contributed by atoms with Gasteiger partial charge in [-0.1, -0.05) is 24.3 Å². The van der Waals surface area contributed by atoms with Crippen LogP contribution in [-0.4, -0.2) is 59.7 Å². The van der Waals surface area contributed by atoms with E-state index < -0.39 is 12.0 Å². The first-order valence-electron chi connectivity index (χ1n) is 12.2. The van der Waals surface area contributed by atoms with E-state index in [0.717, 1.165) is 56.6 Å². The number of ether oxygens (including phenoxy) is 1. The zero-order valence-electron chi connectivity index (χ0n) is 19.8. The van der Waals surface area contributed by atoms with Gasteiger partial charge in [-0.3, -0.25) is 14.5 Å². The van der Waals surface area contributed by atoms with Gasteiger partial charge in [-0.15, -0.1) is 0 Å². The molecular formula is C26H38N4O4. The number of aryl methyl sites for hydroxylation is 2. The molecule has 1 saturated heterocycles. The molecule has 1 fully saturated rings. The second-order valence-corrected chi connectivity index (χ2v) is 9.05. The molecule has 3 heterocycles. The molecule has 0 bridgehead atoms. The molecule has 3 N–H and O–H groups in total. The van der Waals surface area contributed by atoms with Gasteiger partial charge in [0.1, 0.15) is 17.6 Å². The molecule has 1 amide bonds. The number of amides is 1. The Balaban J connectivity index is 0.00000228. The summed E-state index contributed by atoms with van der Waals surface area (Å²) in [6, 6.07) is 10.8. The summed E-state index contributed by atoms with van der Waals surface area (Å²) in [5.41, 5.74) is 2.95. The smallest absolute Gasteiger partial charge is 0.325 e. The van der Waals surface area contributed by atoms with Crippen molar-refractivity contribution in [1.82, 2.24) is 15.2 Å². The SMILES string of the molecule is COc1ccccc1C(C(=O)O)N1CCC(NC(=O)CCCc2ccc3c(n2)NCCC3)CC1.[HH].[HH]. The van der Waals surface area contributed by atoms with Gasteiger partial charge in [-0.05, 0) is 56.2 Å². The Morgan fingerprint density at radius 3 is 2.82 bits per heavy atom. The summed E-state index contributed by atoms with van der Waals surface area (Å²) in [7, 11) is 1.55. The van der Waals surface area contributed by atoms with Crippen molar-refractivity contribution < 1.29 is 22.3 Å². The second kappa shape index (κ2) is 11.3. The number of nitrogens with one attached hydrogen (secondary N) is 2. The average Bonchev–Trinajstić information content (AvgIpc) is 2.85. The van der Waals surface area contributed by atoms with E-state index in [-0.39, 0.29) is 14.8 Å². The van der Waals surface area contributed by atoms with Crippen molar-refractivity contribution in [1.29, 1.82) is 0 Å². The normalized spacial score (nSPS) is 17.3. The van der Waals surface area contributed by atoms with E-state index in [4.69, 9.17) is 9.72 Å². The van der Waals surface area contributed by atoms with Crippen molar-refractivity contribution in [3.05, 3.63) is 53.2 Å². The minimum atomic E-state index is -0.891. The van der Waals surface area contributed by atoms with Gasteiger partial charge in [0.2, 0.25) is 5.91 Å². The number of aliphatic carboxylic acids is 1. The standard InChI is InChI=1S/C26H34N4O4.2H2/c1-34-22-9-3-2-8-21(22)24(26(32)33)30-16-13-20(14-17-30)28-23(31)10-4-7-19-12-11-18-6-5-15-27-25(18)29-19;;/h2-3,8-9,11-12,20,24H,4-7,10,13-17H2,1H3,(H,27,29)(H,28,31)(H,32,33);2*1H. The van der Waals surface area contributed by atoms with Crippen LogP contribution in [0.3, 0.4) is 0 Å². The van der Waals surface area contributed by atoms with Crippen molar-refractivity contribution in [3.63, 3.8) is 0 Å². The van der Waals surface area contributed by atoms with Crippen LogP contribution in [0.15, 0.2) is 36.4 Å². The highest BCUT2D eigenvalue weighted by molar-refractivity contribution is 5.77. The van der Waals surface area contributed by atoms with Gasteiger partial charge in [0.15, 0.2) is 0 Å². The van der Waals surface area contributed by atoms with Gasteiger partial charge in [0, 0.05) is 46.2 Å². The van der Waals surface area contributed by atoms with Crippen LogP contribution in [0.4, 0.5) is 5.82 Å². The lowest BCUT2D eigenvalue weighted by atomic mass is 9.98. The average molecular weight is 471 g/mol. The summed E-state index contributed by atoms with van der Waals surface area (Å²) in [5.74, 6) is 0.731. The molecule has 1 aromatic heterocycles. The first-order chi connectivity index (χ1) is 16.5. The summed E-state index contributed by atoms with van der Waals surface area (Å²) in [6.07, 6.45) is 5.66. The number of methoxy groups -OCH3 is 1. The van der Waals surface area contributed by atoms with Gasteiger partial charge in [-0.2, -0.15) is 0 Å². The summed E-state index contributed by atoms with van der Waals surface area (Å²) in [5, 5.41) is 16.4. The molecule has 4 rings (SSSR count). The predicted octanol–water partition coefficient (Wildman–Crippen LogP) is 3.67. The van der Waals surface area contributed by atoms with E-state index in [1.54, 1.807) is 19.2 Å². The van der Waals surface area contributed by atoms with E-state index in [0.29, 0.717) is 30.8 Å². The fourth-order valence-corrected chi connectivity index (χ4v) is 4.92. The Bertz CT molecular complexity index is 1020. The molecule has 0 aliphatic carbocycles. The van der Waals surface area contributed by atoms with E-state index in [2.05, 4.69) is 22.8 Å². The van der Waals surface area contributed by atoms with Crippen LogP contribution in [0.1, 0.15) is 57.8 Å². The highest BCUT2D eigenvalue weighted by atomic mass is 16.5. The number of pyridine rings is 1. The number of hydrogen-bond acceptors (Lipinski definition) is 6. The number of benzene rings is 1. The molecule has 0 radical (unpaired) electrons. The number of anilines is 1. The van der Waals surface area contributed by atoms with Gasteiger partial charge in [0.25, 0.3) is 0 Å². The highest BCUT2D eigenvalue weighted by Crippen LogP contribution is 2.31. The molecule has 2 aliphatic rings. The Labute approximate surface area is 203 Å². The third kappa shape index (κ3) is 5.86. The lowest BCUT2D eigenvalue weighted by Crippen LogP contribution is -2.47. The van der Waals surface area contributed by atoms with Crippen molar-refractivity contribution in [2.75, 3.05) is 32.1 Å².